The van der Waals surface area contributed by atoms with Crippen molar-refractivity contribution < 1.29 is 14.6 Å². The summed E-state index contributed by atoms with van der Waals surface area (Å²) in [5.74, 6) is 0.733. The molecule has 0 radical (unpaired) electrons. The van der Waals surface area contributed by atoms with Gasteiger partial charge < -0.3 is 20.3 Å². The van der Waals surface area contributed by atoms with Gasteiger partial charge in [-0.25, -0.2) is 0 Å². The van der Waals surface area contributed by atoms with Crippen molar-refractivity contribution in [2.75, 3.05) is 19.8 Å². The lowest BCUT2D eigenvalue weighted by molar-refractivity contribution is 0.0887. The van der Waals surface area contributed by atoms with E-state index in [9.17, 15) is 5.11 Å². The Morgan fingerprint density at radius 2 is 1.82 bits per heavy atom. The van der Waals surface area contributed by atoms with Gasteiger partial charge in [0.15, 0.2) is 0 Å². The van der Waals surface area contributed by atoms with E-state index in [1.807, 2.05) is 54.6 Å². The maximum Gasteiger partial charge on any atom is 0.119 e. The molecule has 2 aromatic rings. The highest BCUT2D eigenvalue weighted by Crippen LogP contribution is 2.21. The lowest BCUT2D eigenvalue weighted by Gasteiger charge is -2.12. The molecule has 0 spiro atoms. The lowest BCUT2D eigenvalue weighted by atomic mass is 10.1. The molecule has 4 heteroatoms. The summed E-state index contributed by atoms with van der Waals surface area (Å²) in [5.41, 5.74) is 7.43. The third-order valence-corrected chi connectivity index (χ3v) is 3.29. The zero-order chi connectivity index (χ0) is 15.6. The molecule has 0 amide bonds. The van der Waals surface area contributed by atoms with Gasteiger partial charge in [-0.15, -0.1) is 0 Å². The van der Waals surface area contributed by atoms with Gasteiger partial charge in [0.2, 0.25) is 0 Å². The maximum atomic E-state index is 9.92. The first-order valence-electron chi connectivity index (χ1n) is 7.52. The summed E-state index contributed by atoms with van der Waals surface area (Å²) < 4.78 is 11.2. The summed E-state index contributed by atoms with van der Waals surface area (Å²) >= 11 is 0. The van der Waals surface area contributed by atoms with Crippen molar-refractivity contribution in [3.8, 4) is 5.75 Å². The Kier molecular flexibility index (Phi) is 6.90. The van der Waals surface area contributed by atoms with Crippen LogP contribution in [-0.2, 0) is 11.3 Å². The highest BCUT2D eigenvalue weighted by Gasteiger charge is 2.07. The molecule has 2 aromatic carbocycles. The van der Waals surface area contributed by atoms with Crippen LogP contribution in [0.1, 0.15) is 23.7 Å². The molecular weight excluding hydrogens is 278 g/mol. The van der Waals surface area contributed by atoms with Crippen LogP contribution in [0.15, 0.2) is 54.6 Å². The molecular formula is C18H23NO3. The number of ether oxygens (including phenoxy) is 2. The van der Waals surface area contributed by atoms with Gasteiger partial charge in [-0.05, 0) is 36.2 Å². The van der Waals surface area contributed by atoms with E-state index in [1.54, 1.807) is 0 Å². The molecule has 0 aliphatic carbocycles. The summed E-state index contributed by atoms with van der Waals surface area (Å²) in [6.45, 7) is 2.03. The largest absolute Gasteiger partial charge is 0.491 e. The van der Waals surface area contributed by atoms with Crippen molar-refractivity contribution in [3.63, 3.8) is 0 Å². The Morgan fingerprint density at radius 3 is 2.59 bits per heavy atom. The monoisotopic (exact) mass is 301 g/mol. The van der Waals surface area contributed by atoms with Gasteiger partial charge in [0.1, 0.15) is 12.4 Å². The Bertz CT molecular complexity index is 545. The zero-order valence-corrected chi connectivity index (χ0v) is 12.7. The second kappa shape index (κ2) is 9.20. The second-order valence-electron chi connectivity index (χ2n) is 5.05. The fourth-order valence-electron chi connectivity index (χ4n) is 2.12. The van der Waals surface area contributed by atoms with E-state index in [1.165, 1.54) is 0 Å². The van der Waals surface area contributed by atoms with E-state index in [2.05, 4.69) is 0 Å². The van der Waals surface area contributed by atoms with Crippen LogP contribution in [0.4, 0.5) is 0 Å². The molecule has 0 fully saturated rings. The summed E-state index contributed by atoms with van der Waals surface area (Å²) in [5, 5.41) is 9.92. The van der Waals surface area contributed by atoms with Gasteiger partial charge in [0, 0.05) is 0 Å². The van der Waals surface area contributed by atoms with E-state index < -0.39 is 6.10 Å². The number of benzene rings is 2. The SMILES string of the molecule is NCCC(O)c1cccc(OCCOCc2ccccc2)c1. The normalized spacial score (nSPS) is 12.1. The molecule has 0 aliphatic rings. The van der Waals surface area contributed by atoms with Crippen LogP contribution in [0.5, 0.6) is 5.75 Å². The zero-order valence-electron chi connectivity index (χ0n) is 12.7. The number of aliphatic hydroxyl groups is 1. The topological polar surface area (TPSA) is 64.7 Å². The van der Waals surface area contributed by atoms with Crippen LogP contribution in [0.25, 0.3) is 0 Å². The molecule has 0 saturated heterocycles. The number of nitrogens with two attached hydrogens (primary N) is 1. The predicted octanol–water partition coefficient (Wildman–Crippen LogP) is 2.66. The van der Waals surface area contributed by atoms with Gasteiger partial charge in [0.25, 0.3) is 0 Å². The minimum atomic E-state index is -0.539. The molecule has 0 aliphatic heterocycles. The number of hydrogen-bond acceptors (Lipinski definition) is 4. The molecule has 118 valence electrons. The van der Waals surface area contributed by atoms with Crippen LogP contribution < -0.4 is 10.5 Å². The van der Waals surface area contributed by atoms with E-state index >= 15 is 0 Å². The lowest BCUT2D eigenvalue weighted by Crippen LogP contribution is -2.08. The summed E-state index contributed by atoms with van der Waals surface area (Å²) in [4.78, 5) is 0. The van der Waals surface area contributed by atoms with Crippen molar-refractivity contribution in [3.05, 3.63) is 65.7 Å². The van der Waals surface area contributed by atoms with E-state index in [0.29, 0.717) is 32.8 Å². The van der Waals surface area contributed by atoms with Crippen LogP contribution in [0.2, 0.25) is 0 Å². The number of rotatable bonds is 9. The summed E-state index contributed by atoms with van der Waals surface area (Å²) in [6.07, 6.45) is 0.00628. The first-order chi connectivity index (χ1) is 10.8. The second-order valence-corrected chi connectivity index (χ2v) is 5.05. The Hall–Kier alpha value is -1.88. The highest BCUT2D eigenvalue weighted by molar-refractivity contribution is 5.29. The average Bonchev–Trinajstić information content (AvgIpc) is 2.56. The van der Waals surface area contributed by atoms with Crippen LogP contribution in [-0.4, -0.2) is 24.9 Å². The highest BCUT2D eigenvalue weighted by atomic mass is 16.5. The minimum Gasteiger partial charge on any atom is -0.491 e. The average molecular weight is 301 g/mol. The van der Waals surface area contributed by atoms with Crippen molar-refractivity contribution in [2.24, 2.45) is 5.73 Å². The van der Waals surface area contributed by atoms with Crippen LogP contribution in [0.3, 0.4) is 0 Å². The molecule has 22 heavy (non-hydrogen) atoms. The minimum absolute atomic E-state index is 0.458. The Labute approximate surface area is 131 Å². The third kappa shape index (κ3) is 5.48. The molecule has 4 nitrogen and oxygen atoms in total. The van der Waals surface area contributed by atoms with E-state index in [-0.39, 0.29) is 0 Å². The third-order valence-electron chi connectivity index (χ3n) is 3.29. The molecule has 1 unspecified atom stereocenters. The first-order valence-corrected chi connectivity index (χ1v) is 7.52. The molecule has 0 bridgehead atoms. The van der Waals surface area contributed by atoms with Gasteiger partial charge in [0.05, 0.1) is 19.3 Å². The molecule has 0 aromatic heterocycles. The predicted molar refractivity (Wildman–Crippen MR) is 86.7 cm³/mol. The van der Waals surface area contributed by atoms with Gasteiger partial charge in [-0.3, -0.25) is 0 Å². The molecule has 1 atom stereocenters. The Balaban J connectivity index is 1.71. The molecule has 2 rings (SSSR count). The van der Waals surface area contributed by atoms with Crippen LogP contribution >= 0.6 is 0 Å². The smallest absolute Gasteiger partial charge is 0.119 e. The van der Waals surface area contributed by atoms with Gasteiger partial charge >= 0.3 is 0 Å². The quantitative estimate of drug-likeness (QED) is 0.699. The van der Waals surface area contributed by atoms with Crippen molar-refractivity contribution >= 4 is 0 Å². The van der Waals surface area contributed by atoms with Gasteiger partial charge in [-0.2, -0.15) is 0 Å². The Morgan fingerprint density at radius 1 is 1.00 bits per heavy atom. The van der Waals surface area contributed by atoms with E-state index in [4.69, 9.17) is 15.2 Å². The summed E-state index contributed by atoms with van der Waals surface area (Å²) in [7, 11) is 0. The molecule has 3 N–H and O–H groups in total. The maximum absolute atomic E-state index is 9.92. The van der Waals surface area contributed by atoms with Crippen molar-refractivity contribution in [1.29, 1.82) is 0 Å². The summed E-state index contributed by atoms with van der Waals surface area (Å²) in [6, 6.07) is 17.5. The first kappa shape index (κ1) is 16.5. The standard InChI is InChI=1S/C18H23NO3/c19-10-9-18(20)16-7-4-8-17(13-16)22-12-11-21-14-15-5-2-1-3-6-15/h1-8,13,18,20H,9-12,14,19H2. The fraction of sp³-hybridized carbons (Fsp3) is 0.333. The number of hydrogen-bond donors (Lipinski definition) is 2. The van der Waals surface area contributed by atoms with E-state index in [0.717, 1.165) is 16.9 Å². The molecule has 0 saturated carbocycles. The van der Waals surface area contributed by atoms with Gasteiger partial charge in [-0.1, -0.05) is 42.5 Å². The molecule has 0 heterocycles. The van der Waals surface area contributed by atoms with Crippen molar-refractivity contribution in [2.45, 2.75) is 19.1 Å². The van der Waals surface area contributed by atoms with Crippen molar-refractivity contribution in [1.82, 2.24) is 0 Å². The number of aliphatic hydroxyl groups excluding tert-OH is 1. The van der Waals surface area contributed by atoms with Crippen LogP contribution in [0, 0.1) is 0 Å². The fourth-order valence-corrected chi connectivity index (χ4v) is 2.12.